The van der Waals surface area contributed by atoms with Crippen LogP contribution in [0.1, 0.15) is 13.8 Å². The number of nitrogens with zero attached hydrogens (tertiary/aromatic N) is 2. The molecule has 1 aromatic heterocycles. The van der Waals surface area contributed by atoms with Crippen molar-refractivity contribution in [3.8, 4) is 0 Å². The van der Waals surface area contributed by atoms with Crippen molar-refractivity contribution in [1.82, 2.24) is 24.5 Å². The number of nitrogens with one attached hydrogen (secondary N) is 3. The second kappa shape index (κ2) is 7.51. The number of benzene rings is 1. The molecule has 1 saturated heterocycles. The van der Waals surface area contributed by atoms with Crippen LogP contribution in [0.3, 0.4) is 0 Å². The van der Waals surface area contributed by atoms with Gasteiger partial charge < -0.3 is 14.9 Å². The number of likely N-dealkylation sites (N-methyl/N-ethyl adjacent to an activating group) is 1. The molecule has 2 aromatic rings. The van der Waals surface area contributed by atoms with Crippen molar-refractivity contribution in [2.75, 3.05) is 39.8 Å². The Balaban J connectivity index is 1.73. The Morgan fingerprint density at radius 1 is 1.12 bits per heavy atom. The number of rotatable bonds is 6. The summed E-state index contributed by atoms with van der Waals surface area (Å²) in [4.78, 5) is 21.4. The Hall–Kier alpha value is -1.68. The van der Waals surface area contributed by atoms with E-state index in [-0.39, 0.29) is 16.6 Å². The van der Waals surface area contributed by atoms with E-state index >= 15 is 0 Å². The Morgan fingerprint density at radius 3 is 2.42 bits per heavy atom. The van der Waals surface area contributed by atoms with Gasteiger partial charge in [-0.25, -0.2) is 17.9 Å². The lowest BCUT2D eigenvalue weighted by molar-refractivity contribution is 0.0905. The number of aromatic nitrogens is 2. The van der Waals surface area contributed by atoms with Gasteiger partial charge in [-0.1, -0.05) is 13.8 Å². The van der Waals surface area contributed by atoms with E-state index in [4.69, 9.17) is 0 Å². The fourth-order valence-corrected chi connectivity index (χ4v) is 4.47. The number of H-pyrrole nitrogens is 2. The quantitative estimate of drug-likeness (QED) is 0.673. The van der Waals surface area contributed by atoms with Gasteiger partial charge in [0.15, 0.2) is 0 Å². The van der Waals surface area contributed by atoms with E-state index in [0.717, 1.165) is 26.2 Å². The fourth-order valence-electron chi connectivity index (χ4n) is 3.40. The van der Waals surface area contributed by atoms with Gasteiger partial charge in [-0.2, -0.15) is 0 Å². The smallest absolute Gasteiger partial charge is 0.306 e. The van der Waals surface area contributed by atoms with E-state index in [2.05, 4.69) is 45.4 Å². The Morgan fingerprint density at radius 2 is 1.77 bits per heavy atom. The van der Waals surface area contributed by atoms with Gasteiger partial charge in [0.05, 0.1) is 15.9 Å². The van der Waals surface area contributed by atoms with Crippen molar-refractivity contribution in [1.29, 1.82) is 0 Å². The molecule has 1 fully saturated rings. The average Bonchev–Trinajstić information content (AvgIpc) is 2.95. The summed E-state index contributed by atoms with van der Waals surface area (Å²) in [6.07, 6.45) is 0. The summed E-state index contributed by atoms with van der Waals surface area (Å²) in [5.74, 6) is 0.338. The monoisotopic (exact) mass is 381 g/mol. The molecule has 8 nitrogen and oxygen atoms in total. The van der Waals surface area contributed by atoms with Crippen LogP contribution in [0.25, 0.3) is 11.0 Å². The van der Waals surface area contributed by atoms with E-state index in [0.29, 0.717) is 23.5 Å². The van der Waals surface area contributed by atoms with Gasteiger partial charge in [0, 0.05) is 38.8 Å². The SMILES string of the molecule is CC(C)C(CNS(=O)(=O)c1ccc2[nH]c(=O)[nH]c2c1)N1CCN(C)CC1. The number of imidazole rings is 1. The number of aromatic amines is 2. The maximum atomic E-state index is 12.7. The molecule has 3 N–H and O–H groups in total. The molecule has 0 aliphatic carbocycles. The second-order valence-electron chi connectivity index (χ2n) is 7.29. The third kappa shape index (κ3) is 4.17. The molecule has 1 atom stereocenters. The number of hydrogen-bond donors (Lipinski definition) is 3. The highest BCUT2D eigenvalue weighted by molar-refractivity contribution is 7.89. The number of piperazine rings is 1. The van der Waals surface area contributed by atoms with Gasteiger partial charge in [-0.15, -0.1) is 0 Å². The first-order valence-corrected chi connectivity index (χ1v) is 10.4. The predicted octanol–water partition coefficient (Wildman–Crippen LogP) is 0.407. The number of fused-ring (bicyclic) bond motifs is 1. The molecule has 144 valence electrons. The minimum atomic E-state index is -3.64. The molecule has 0 amide bonds. The summed E-state index contributed by atoms with van der Waals surface area (Å²) in [5, 5.41) is 0. The first-order chi connectivity index (χ1) is 12.3. The van der Waals surface area contributed by atoms with Crippen LogP contribution in [0.15, 0.2) is 27.9 Å². The third-order valence-electron chi connectivity index (χ3n) is 5.06. The molecule has 0 saturated carbocycles. The molecule has 0 spiro atoms. The van der Waals surface area contributed by atoms with Crippen LogP contribution >= 0.6 is 0 Å². The van der Waals surface area contributed by atoms with E-state index in [1.165, 1.54) is 12.1 Å². The van der Waals surface area contributed by atoms with Crippen LogP contribution < -0.4 is 10.4 Å². The van der Waals surface area contributed by atoms with Crippen LogP contribution in [-0.2, 0) is 10.0 Å². The highest BCUT2D eigenvalue weighted by Crippen LogP contribution is 2.17. The molecule has 1 unspecified atom stereocenters. The minimum absolute atomic E-state index is 0.147. The zero-order valence-electron chi connectivity index (χ0n) is 15.4. The van der Waals surface area contributed by atoms with Crippen LogP contribution in [-0.4, -0.2) is 74.0 Å². The molecular formula is C17H27N5O3S. The minimum Gasteiger partial charge on any atom is -0.306 e. The molecule has 9 heteroatoms. The Kier molecular flexibility index (Phi) is 5.52. The molecule has 1 aliphatic heterocycles. The summed E-state index contributed by atoms with van der Waals surface area (Å²) >= 11 is 0. The summed E-state index contributed by atoms with van der Waals surface area (Å²) in [5.41, 5.74) is 0.723. The molecule has 2 heterocycles. The summed E-state index contributed by atoms with van der Waals surface area (Å²) in [6, 6.07) is 4.74. The fraction of sp³-hybridized carbons (Fsp3) is 0.588. The van der Waals surface area contributed by atoms with Crippen molar-refractivity contribution in [3.63, 3.8) is 0 Å². The Bertz CT molecular complexity index is 910. The first kappa shape index (κ1) is 19.1. The van der Waals surface area contributed by atoms with Crippen LogP contribution in [0.4, 0.5) is 0 Å². The summed E-state index contributed by atoms with van der Waals surface area (Å²) in [6.45, 7) is 8.48. The van der Waals surface area contributed by atoms with Crippen LogP contribution in [0, 0.1) is 5.92 Å². The molecule has 0 bridgehead atoms. The topological polar surface area (TPSA) is 101 Å². The summed E-state index contributed by atoms with van der Waals surface area (Å²) < 4.78 is 28.2. The van der Waals surface area contributed by atoms with Crippen molar-refractivity contribution < 1.29 is 8.42 Å². The molecule has 0 radical (unpaired) electrons. The van der Waals surface area contributed by atoms with E-state index in [1.807, 2.05) is 0 Å². The maximum Gasteiger partial charge on any atom is 0.323 e. The molecular weight excluding hydrogens is 354 g/mol. The van der Waals surface area contributed by atoms with E-state index in [9.17, 15) is 13.2 Å². The lowest BCUT2D eigenvalue weighted by Crippen LogP contribution is -2.54. The predicted molar refractivity (Wildman–Crippen MR) is 102 cm³/mol. The first-order valence-electron chi connectivity index (χ1n) is 8.90. The van der Waals surface area contributed by atoms with Crippen molar-refractivity contribution >= 4 is 21.1 Å². The maximum absolute atomic E-state index is 12.7. The average molecular weight is 382 g/mol. The molecule has 3 rings (SSSR count). The molecule has 26 heavy (non-hydrogen) atoms. The van der Waals surface area contributed by atoms with Gasteiger partial charge in [0.1, 0.15) is 0 Å². The van der Waals surface area contributed by atoms with Gasteiger partial charge in [0.2, 0.25) is 10.0 Å². The lowest BCUT2D eigenvalue weighted by Gasteiger charge is -2.39. The molecule has 1 aromatic carbocycles. The van der Waals surface area contributed by atoms with Gasteiger partial charge in [-0.05, 0) is 31.2 Å². The van der Waals surface area contributed by atoms with Crippen molar-refractivity contribution in [2.24, 2.45) is 5.92 Å². The van der Waals surface area contributed by atoms with Crippen LogP contribution in [0.5, 0.6) is 0 Å². The standard InChI is InChI=1S/C17H27N5O3S/c1-12(2)16(22-8-6-21(3)7-9-22)11-18-26(24,25)13-4-5-14-15(10-13)20-17(23)19-14/h4-5,10,12,16,18H,6-9,11H2,1-3H3,(H2,19,20,23). The Labute approximate surface area is 153 Å². The highest BCUT2D eigenvalue weighted by Gasteiger charge is 2.27. The largest absolute Gasteiger partial charge is 0.323 e. The van der Waals surface area contributed by atoms with Gasteiger partial charge in [0.25, 0.3) is 0 Å². The van der Waals surface area contributed by atoms with Crippen molar-refractivity contribution in [2.45, 2.75) is 24.8 Å². The highest BCUT2D eigenvalue weighted by atomic mass is 32.2. The zero-order chi connectivity index (χ0) is 18.9. The molecule has 1 aliphatic rings. The number of sulfonamides is 1. The third-order valence-corrected chi connectivity index (χ3v) is 6.48. The number of hydrogen-bond acceptors (Lipinski definition) is 5. The summed E-state index contributed by atoms with van der Waals surface area (Å²) in [7, 11) is -1.54. The van der Waals surface area contributed by atoms with Crippen LogP contribution in [0.2, 0.25) is 0 Å². The second-order valence-corrected chi connectivity index (χ2v) is 9.06. The lowest BCUT2D eigenvalue weighted by atomic mass is 10.0. The van der Waals surface area contributed by atoms with Crippen molar-refractivity contribution in [3.05, 3.63) is 28.7 Å². The normalized spacial score (nSPS) is 18.6. The van der Waals surface area contributed by atoms with Gasteiger partial charge in [-0.3, -0.25) is 4.90 Å². The van der Waals surface area contributed by atoms with E-state index < -0.39 is 10.0 Å². The van der Waals surface area contributed by atoms with Gasteiger partial charge >= 0.3 is 5.69 Å². The van der Waals surface area contributed by atoms with E-state index in [1.54, 1.807) is 6.07 Å². The zero-order valence-corrected chi connectivity index (χ0v) is 16.3.